The van der Waals surface area contributed by atoms with E-state index in [4.69, 9.17) is 21.7 Å². The fourth-order valence-electron chi connectivity index (χ4n) is 0.587. The molecular weight excluding hydrogens is 138 g/mol. The number of nitrogens with zero attached hydrogens (tertiary/aromatic N) is 1. The summed E-state index contributed by atoms with van der Waals surface area (Å²) in [7, 11) is 0.937. The van der Waals surface area contributed by atoms with E-state index >= 15 is 0 Å². The predicted molar refractivity (Wildman–Crippen MR) is 37.7 cm³/mol. The lowest BCUT2D eigenvalue weighted by Gasteiger charge is -2.16. The molecule has 0 radical (unpaired) electrons. The average molecular weight is 148 g/mol. The van der Waals surface area contributed by atoms with Crippen molar-refractivity contribution in [1.29, 1.82) is 5.26 Å². The molecular formula is C4H10BClN2O. The third-order valence-electron chi connectivity index (χ3n) is 1.19. The van der Waals surface area contributed by atoms with Crippen molar-refractivity contribution in [1.82, 2.24) is 0 Å². The Labute approximate surface area is 60.4 Å². The molecule has 1 N–H and O–H groups in total. The minimum absolute atomic E-state index is 0.550. The van der Waals surface area contributed by atoms with Gasteiger partial charge in [-0.15, -0.1) is 11.6 Å². The standard InChI is InChI=1S/C4H10BClN2O/c1-9-8(3-2-6)5-4-7/h8H,2-3,5H2,1H3. The maximum Gasteiger partial charge on any atom is 0.309 e. The van der Waals surface area contributed by atoms with Crippen molar-refractivity contribution in [3.05, 3.63) is 0 Å². The van der Waals surface area contributed by atoms with Crippen LogP contribution in [0.1, 0.15) is 0 Å². The number of quaternary nitrogens is 1. The number of hydroxylamine groups is 1. The summed E-state index contributed by atoms with van der Waals surface area (Å²) in [6, 6.07) is 0. The Hall–Kier alpha value is -0.235. The molecule has 5 heteroatoms. The molecule has 0 aromatic heterocycles. The van der Waals surface area contributed by atoms with Crippen LogP contribution in [-0.2, 0) is 4.84 Å². The second-order valence-electron chi connectivity index (χ2n) is 1.82. The van der Waals surface area contributed by atoms with E-state index < -0.39 is 7.41 Å². The van der Waals surface area contributed by atoms with Crippen LogP contribution >= 0.6 is 11.6 Å². The number of hydrogen-bond acceptors (Lipinski definition) is 2. The highest BCUT2D eigenvalue weighted by Crippen LogP contribution is 1.63. The van der Waals surface area contributed by atoms with Gasteiger partial charge in [0.05, 0.1) is 19.5 Å². The molecule has 0 aliphatic carbocycles. The van der Waals surface area contributed by atoms with Crippen LogP contribution in [0.25, 0.3) is 0 Å². The van der Waals surface area contributed by atoms with Gasteiger partial charge < -0.3 is 4.97 Å². The molecule has 3 nitrogen and oxygen atoms in total. The molecule has 0 saturated carbocycles. The van der Waals surface area contributed by atoms with E-state index in [9.17, 15) is 0 Å². The van der Waals surface area contributed by atoms with Crippen LogP contribution in [0.3, 0.4) is 0 Å². The summed E-state index contributed by atoms with van der Waals surface area (Å²) in [6.45, 7) is 0.728. The smallest absolute Gasteiger partial charge is 0.309 e. The Kier molecular flexibility index (Phi) is 5.74. The topological polar surface area (TPSA) is 37.5 Å². The Morgan fingerprint density at radius 2 is 2.56 bits per heavy atom. The predicted octanol–water partition coefficient (Wildman–Crippen LogP) is -1.76. The Morgan fingerprint density at radius 3 is 2.89 bits per heavy atom. The third-order valence-corrected chi connectivity index (χ3v) is 1.37. The van der Waals surface area contributed by atoms with Gasteiger partial charge in [0.15, 0.2) is 0 Å². The highest BCUT2D eigenvalue weighted by molar-refractivity contribution is 6.35. The van der Waals surface area contributed by atoms with E-state index in [2.05, 4.69) is 5.97 Å². The van der Waals surface area contributed by atoms with Gasteiger partial charge in [-0.3, -0.25) is 4.84 Å². The normalized spacial score (nSPS) is 12.6. The van der Waals surface area contributed by atoms with Crippen LogP contribution in [0, 0.1) is 11.2 Å². The summed E-state index contributed by atoms with van der Waals surface area (Å²) in [5, 5.41) is 8.26. The van der Waals surface area contributed by atoms with Crippen LogP contribution in [-0.4, -0.2) is 26.9 Å². The van der Waals surface area contributed by atoms with Gasteiger partial charge in [0.1, 0.15) is 0 Å². The average Bonchev–Trinajstić information content (AvgIpc) is 1.88. The van der Waals surface area contributed by atoms with Crippen LogP contribution in [0.15, 0.2) is 0 Å². The number of alkyl halides is 1. The zero-order valence-corrected chi connectivity index (χ0v) is 6.40. The minimum atomic E-state index is -0.649. The minimum Gasteiger partial charge on any atom is -0.364 e. The third kappa shape index (κ3) is 4.28. The molecule has 0 saturated heterocycles. The van der Waals surface area contributed by atoms with Gasteiger partial charge in [-0.05, 0) is 0 Å². The molecule has 52 valence electrons. The second kappa shape index (κ2) is 5.89. The molecule has 0 aliphatic rings. The van der Waals surface area contributed by atoms with E-state index in [0.717, 1.165) is 11.5 Å². The second-order valence-corrected chi connectivity index (χ2v) is 2.20. The summed E-state index contributed by atoms with van der Waals surface area (Å²) in [4.78, 5) is 5.78. The molecule has 0 heterocycles. The molecule has 0 aromatic carbocycles. The molecule has 0 bridgehead atoms. The van der Waals surface area contributed by atoms with Crippen LogP contribution < -0.4 is 4.97 Å². The first-order chi connectivity index (χ1) is 4.35. The van der Waals surface area contributed by atoms with Crippen molar-refractivity contribution >= 4 is 19.0 Å². The van der Waals surface area contributed by atoms with Crippen molar-refractivity contribution < 1.29 is 9.81 Å². The largest absolute Gasteiger partial charge is 0.364 e. The van der Waals surface area contributed by atoms with E-state index in [1.54, 1.807) is 7.11 Å². The molecule has 0 fully saturated rings. The van der Waals surface area contributed by atoms with Gasteiger partial charge in [0.25, 0.3) is 0 Å². The fraction of sp³-hybridized carbons (Fsp3) is 0.750. The summed E-state index contributed by atoms with van der Waals surface area (Å²) in [6.07, 6.45) is 0. The molecule has 0 rings (SSSR count). The van der Waals surface area contributed by atoms with Crippen LogP contribution in [0.4, 0.5) is 0 Å². The van der Waals surface area contributed by atoms with Crippen LogP contribution in [0.5, 0.6) is 0 Å². The zero-order valence-electron chi connectivity index (χ0n) is 5.65. The quantitative estimate of drug-likeness (QED) is 0.291. The number of hydrogen-bond donors (Lipinski definition) is 1. The van der Waals surface area contributed by atoms with Crippen molar-refractivity contribution in [3.8, 4) is 5.97 Å². The molecule has 0 spiro atoms. The van der Waals surface area contributed by atoms with Gasteiger partial charge >= 0.3 is 7.41 Å². The lowest BCUT2D eigenvalue weighted by molar-refractivity contribution is -0.993. The summed E-state index contributed by atoms with van der Waals surface area (Å²) < 4.78 is 0. The maximum absolute atomic E-state index is 8.26. The first-order valence-corrected chi connectivity index (χ1v) is 3.49. The van der Waals surface area contributed by atoms with Gasteiger partial charge in [0, 0.05) is 0 Å². The molecule has 0 amide bonds. The monoisotopic (exact) mass is 148 g/mol. The van der Waals surface area contributed by atoms with Gasteiger partial charge in [-0.1, -0.05) is 5.97 Å². The fourth-order valence-corrected chi connectivity index (χ4v) is 0.853. The van der Waals surface area contributed by atoms with E-state index in [0.29, 0.717) is 5.88 Å². The highest BCUT2D eigenvalue weighted by Gasteiger charge is 1.97. The van der Waals surface area contributed by atoms with Crippen molar-refractivity contribution in [2.75, 3.05) is 19.5 Å². The number of nitriles is 1. The Morgan fingerprint density at radius 1 is 1.89 bits per heavy atom. The van der Waals surface area contributed by atoms with Gasteiger partial charge in [-0.25, -0.2) is 5.26 Å². The molecule has 9 heavy (non-hydrogen) atoms. The molecule has 0 aromatic rings. The Bertz CT molecular complexity index is 105. The van der Waals surface area contributed by atoms with Crippen molar-refractivity contribution in [2.24, 2.45) is 0 Å². The highest BCUT2D eigenvalue weighted by atomic mass is 35.5. The van der Waals surface area contributed by atoms with E-state index in [1.807, 2.05) is 0 Å². The van der Waals surface area contributed by atoms with E-state index in [1.165, 1.54) is 0 Å². The molecule has 1 unspecified atom stereocenters. The zero-order chi connectivity index (χ0) is 7.11. The number of rotatable bonds is 4. The number of nitrogens with one attached hydrogen (secondary N) is 1. The number of halogens is 1. The van der Waals surface area contributed by atoms with Crippen molar-refractivity contribution in [2.45, 2.75) is 0 Å². The van der Waals surface area contributed by atoms with Gasteiger partial charge in [0.2, 0.25) is 0 Å². The summed E-state index contributed by atoms with van der Waals surface area (Å²) in [5.74, 6) is 2.66. The lowest BCUT2D eigenvalue weighted by Crippen LogP contribution is -3.12. The van der Waals surface area contributed by atoms with Crippen molar-refractivity contribution in [3.63, 3.8) is 0 Å². The van der Waals surface area contributed by atoms with Gasteiger partial charge in [-0.2, -0.15) is 0 Å². The molecule has 0 aliphatic heterocycles. The lowest BCUT2D eigenvalue weighted by atomic mass is 9.98. The maximum atomic E-state index is 8.26. The SMILES string of the molecule is CO[NH+]([BH2-]C#N)CCCl. The summed E-state index contributed by atoms with van der Waals surface area (Å²) in [5.41, 5.74) is 0. The van der Waals surface area contributed by atoms with Crippen LogP contribution in [0.2, 0.25) is 0 Å². The molecule has 1 atom stereocenters. The Balaban J connectivity index is 3.32. The first-order valence-electron chi connectivity index (χ1n) is 2.96. The van der Waals surface area contributed by atoms with E-state index in [-0.39, 0.29) is 0 Å². The summed E-state index contributed by atoms with van der Waals surface area (Å²) >= 11 is 5.42. The first kappa shape index (κ1) is 8.76.